The number of carbonyl (C=O) groups is 1. The van der Waals surface area contributed by atoms with Crippen molar-refractivity contribution in [2.24, 2.45) is 0 Å². The van der Waals surface area contributed by atoms with E-state index in [-0.39, 0.29) is 0 Å². The number of carboxylic acid groups (broad SMARTS) is 1. The van der Waals surface area contributed by atoms with Crippen LogP contribution in [0.3, 0.4) is 0 Å². The van der Waals surface area contributed by atoms with E-state index in [9.17, 15) is 9.90 Å². The van der Waals surface area contributed by atoms with Crippen LogP contribution in [0.4, 0.5) is 0 Å². The van der Waals surface area contributed by atoms with Gasteiger partial charge in [-0.25, -0.2) is 14.8 Å². The van der Waals surface area contributed by atoms with Crippen LogP contribution in [0.15, 0.2) is 12.5 Å². The number of hydrogen-bond donors (Lipinski definition) is 1. The Morgan fingerprint density at radius 2 is 2.37 bits per heavy atom. The number of aromatic carboxylic acids is 1. The molecule has 0 radical (unpaired) electrons. The van der Waals surface area contributed by atoms with E-state index in [1.54, 1.807) is 12.5 Å². The molecular weight excluding hydrogens is 262 g/mol. The third-order valence-corrected chi connectivity index (χ3v) is 4.29. The average Bonchev–Trinajstić information content (AvgIpc) is 2.96. The van der Waals surface area contributed by atoms with Gasteiger partial charge in [-0.2, -0.15) is 0 Å². The maximum absolute atomic E-state index is 11.3. The summed E-state index contributed by atoms with van der Waals surface area (Å²) in [6.07, 6.45) is 6.65. The topological polar surface area (TPSA) is 68.0 Å². The molecule has 3 rings (SSSR count). The first-order valence-electron chi connectivity index (χ1n) is 6.45. The normalized spacial score (nSPS) is 14.8. The summed E-state index contributed by atoms with van der Waals surface area (Å²) >= 11 is 1.26. The highest BCUT2D eigenvalue weighted by Gasteiger charge is 2.32. The van der Waals surface area contributed by atoms with E-state index >= 15 is 0 Å². The third-order valence-electron chi connectivity index (χ3n) is 3.21. The highest BCUT2D eigenvalue weighted by molar-refractivity contribution is 7.17. The van der Waals surface area contributed by atoms with Crippen LogP contribution in [-0.4, -0.2) is 25.6 Å². The van der Waals surface area contributed by atoms with Crippen molar-refractivity contribution in [3.05, 3.63) is 23.1 Å². The molecule has 1 fully saturated rings. The van der Waals surface area contributed by atoms with Crippen LogP contribution in [0.1, 0.15) is 47.5 Å². The maximum Gasteiger partial charge on any atom is 0.347 e. The standard InChI is InChI=1S/C13H15N3O2S/c1-2-5-16-7-14-6-9(16)12-15-10(8-3-4-8)11(19-12)13(17)18/h6-8H,2-5H2,1H3,(H,17,18). The van der Waals surface area contributed by atoms with Crippen molar-refractivity contribution in [2.45, 2.75) is 38.6 Å². The Morgan fingerprint density at radius 1 is 1.58 bits per heavy atom. The summed E-state index contributed by atoms with van der Waals surface area (Å²) < 4.78 is 2.03. The third kappa shape index (κ3) is 2.28. The molecule has 1 aliphatic carbocycles. The van der Waals surface area contributed by atoms with E-state index in [0.717, 1.165) is 42.2 Å². The van der Waals surface area contributed by atoms with Gasteiger partial charge in [0, 0.05) is 12.5 Å². The Kier molecular flexibility index (Phi) is 3.10. The van der Waals surface area contributed by atoms with Crippen molar-refractivity contribution in [3.8, 4) is 10.7 Å². The summed E-state index contributed by atoms with van der Waals surface area (Å²) in [4.78, 5) is 20.4. The lowest BCUT2D eigenvalue weighted by Gasteiger charge is -2.02. The predicted molar refractivity (Wildman–Crippen MR) is 72.6 cm³/mol. The van der Waals surface area contributed by atoms with Gasteiger partial charge < -0.3 is 9.67 Å². The van der Waals surface area contributed by atoms with Gasteiger partial charge in [-0.15, -0.1) is 11.3 Å². The number of nitrogens with zero attached hydrogens (tertiary/aromatic N) is 3. The number of hydrogen-bond acceptors (Lipinski definition) is 4. The minimum atomic E-state index is -0.868. The van der Waals surface area contributed by atoms with Crippen LogP contribution in [0.25, 0.3) is 10.7 Å². The van der Waals surface area contributed by atoms with Crippen molar-refractivity contribution in [3.63, 3.8) is 0 Å². The molecule has 2 heterocycles. The van der Waals surface area contributed by atoms with Gasteiger partial charge in [0.2, 0.25) is 0 Å². The first-order chi connectivity index (χ1) is 9.20. The summed E-state index contributed by atoms with van der Waals surface area (Å²) in [6.45, 7) is 2.97. The number of aryl methyl sites for hydroxylation is 1. The highest BCUT2D eigenvalue weighted by atomic mass is 32.1. The van der Waals surface area contributed by atoms with Crippen LogP contribution in [-0.2, 0) is 6.54 Å². The van der Waals surface area contributed by atoms with Gasteiger partial charge in [-0.05, 0) is 19.3 Å². The number of thiazole rings is 1. The van der Waals surface area contributed by atoms with Crippen molar-refractivity contribution in [1.29, 1.82) is 0 Å². The molecule has 0 bridgehead atoms. The van der Waals surface area contributed by atoms with E-state index < -0.39 is 5.97 Å². The van der Waals surface area contributed by atoms with Crippen LogP contribution in [0.2, 0.25) is 0 Å². The molecule has 0 unspecified atom stereocenters. The molecule has 6 heteroatoms. The molecule has 0 aromatic carbocycles. The fourth-order valence-electron chi connectivity index (χ4n) is 2.15. The van der Waals surface area contributed by atoms with Crippen LogP contribution >= 0.6 is 11.3 Å². The van der Waals surface area contributed by atoms with Crippen molar-refractivity contribution in [2.75, 3.05) is 0 Å². The number of carboxylic acids is 1. The lowest BCUT2D eigenvalue weighted by molar-refractivity contribution is 0.0700. The smallest absolute Gasteiger partial charge is 0.347 e. The minimum Gasteiger partial charge on any atom is -0.477 e. The molecule has 0 atom stereocenters. The highest BCUT2D eigenvalue weighted by Crippen LogP contribution is 2.44. The molecule has 100 valence electrons. The van der Waals surface area contributed by atoms with Gasteiger partial charge in [0.15, 0.2) is 0 Å². The van der Waals surface area contributed by atoms with E-state index in [1.165, 1.54) is 11.3 Å². The Labute approximate surface area is 114 Å². The molecule has 2 aromatic heterocycles. The Hall–Kier alpha value is -1.69. The summed E-state index contributed by atoms with van der Waals surface area (Å²) in [5.41, 5.74) is 1.68. The van der Waals surface area contributed by atoms with E-state index in [1.807, 2.05) is 4.57 Å². The van der Waals surface area contributed by atoms with Crippen molar-refractivity contribution < 1.29 is 9.90 Å². The van der Waals surface area contributed by atoms with E-state index in [0.29, 0.717) is 10.8 Å². The SMILES string of the molecule is CCCn1cncc1-c1nc(C2CC2)c(C(=O)O)s1. The zero-order chi connectivity index (χ0) is 13.4. The number of rotatable bonds is 5. The lowest BCUT2D eigenvalue weighted by atomic mass is 10.2. The van der Waals surface area contributed by atoms with E-state index in [4.69, 9.17) is 0 Å². The molecule has 5 nitrogen and oxygen atoms in total. The second-order valence-corrected chi connectivity index (χ2v) is 5.78. The second-order valence-electron chi connectivity index (χ2n) is 4.79. The number of aromatic nitrogens is 3. The first kappa shape index (κ1) is 12.3. The van der Waals surface area contributed by atoms with Crippen LogP contribution in [0, 0.1) is 0 Å². The molecule has 0 amide bonds. The fourth-order valence-corrected chi connectivity index (χ4v) is 3.16. The van der Waals surface area contributed by atoms with Gasteiger partial charge >= 0.3 is 5.97 Å². The maximum atomic E-state index is 11.3. The monoisotopic (exact) mass is 277 g/mol. The molecule has 1 aliphatic rings. The molecule has 2 aromatic rings. The molecule has 0 spiro atoms. The summed E-state index contributed by atoms with van der Waals surface area (Å²) in [7, 11) is 0. The zero-order valence-electron chi connectivity index (χ0n) is 10.7. The van der Waals surface area contributed by atoms with Crippen molar-refractivity contribution in [1.82, 2.24) is 14.5 Å². The van der Waals surface area contributed by atoms with Crippen LogP contribution in [0.5, 0.6) is 0 Å². The zero-order valence-corrected chi connectivity index (χ0v) is 11.5. The average molecular weight is 277 g/mol. The van der Waals surface area contributed by atoms with Crippen LogP contribution < -0.4 is 0 Å². The Balaban J connectivity index is 2.02. The van der Waals surface area contributed by atoms with Gasteiger partial charge in [0.25, 0.3) is 0 Å². The molecule has 0 aliphatic heterocycles. The summed E-state index contributed by atoms with van der Waals surface area (Å²) in [6, 6.07) is 0. The van der Waals surface area contributed by atoms with E-state index in [2.05, 4.69) is 16.9 Å². The van der Waals surface area contributed by atoms with Gasteiger partial charge in [-0.1, -0.05) is 6.92 Å². The second kappa shape index (κ2) is 4.77. The van der Waals surface area contributed by atoms with Gasteiger partial charge in [0.05, 0.1) is 23.9 Å². The molecule has 0 saturated heterocycles. The van der Waals surface area contributed by atoms with Gasteiger partial charge in [-0.3, -0.25) is 0 Å². The predicted octanol–water partition coefficient (Wildman–Crippen LogP) is 2.99. The summed E-state index contributed by atoms with van der Waals surface area (Å²) in [5.74, 6) is -0.522. The Morgan fingerprint density at radius 3 is 3.00 bits per heavy atom. The molecule has 1 N–H and O–H groups in total. The quantitative estimate of drug-likeness (QED) is 0.912. The first-order valence-corrected chi connectivity index (χ1v) is 7.27. The van der Waals surface area contributed by atoms with Crippen molar-refractivity contribution >= 4 is 17.3 Å². The molecule has 1 saturated carbocycles. The lowest BCUT2D eigenvalue weighted by Crippen LogP contribution is -1.97. The molecule has 19 heavy (non-hydrogen) atoms. The minimum absolute atomic E-state index is 0.346. The largest absolute Gasteiger partial charge is 0.477 e. The summed E-state index contributed by atoms with van der Waals surface area (Å²) in [5, 5.41) is 10.0. The Bertz CT molecular complexity index is 613. The molecular formula is C13H15N3O2S. The fraction of sp³-hybridized carbons (Fsp3) is 0.462. The number of imidazole rings is 1. The van der Waals surface area contributed by atoms with Gasteiger partial charge in [0.1, 0.15) is 9.88 Å².